The van der Waals surface area contributed by atoms with Crippen molar-refractivity contribution in [1.82, 2.24) is 5.32 Å². The Morgan fingerprint density at radius 2 is 1.61 bits per heavy atom. The lowest BCUT2D eigenvalue weighted by molar-refractivity contribution is -0.123. The van der Waals surface area contributed by atoms with Crippen LogP contribution >= 0.6 is 0 Å². The summed E-state index contributed by atoms with van der Waals surface area (Å²) in [6.45, 7) is 5.70. The van der Waals surface area contributed by atoms with Crippen molar-refractivity contribution >= 4 is 21.6 Å². The average Bonchev–Trinajstić information content (AvgIpc) is 2.64. The first-order chi connectivity index (χ1) is 13.2. The van der Waals surface area contributed by atoms with Crippen molar-refractivity contribution in [3.05, 3.63) is 65.5 Å². The third-order valence-corrected chi connectivity index (χ3v) is 5.80. The number of anilines is 1. The molecule has 0 aromatic heterocycles. The van der Waals surface area contributed by atoms with Gasteiger partial charge in [-0.25, -0.2) is 12.8 Å². The Kier molecular flexibility index (Phi) is 7.18. The van der Waals surface area contributed by atoms with Crippen LogP contribution in [0.3, 0.4) is 0 Å². The molecule has 2 aromatic rings. The molecule has 0 spiro atoms. The van der Waals surface area contributed by atoms with Crippen molar-refractivity contribution in [2.24, 2.45) is 0 Å². The summed E-state index contributed by atoms with van der Waals surface area (Å²) in [5, 5.41) is 2.97. The summed E-state index contributed by atoms with van der Waals surface area (Å²) in [7, 11) is -3.75. The number of nitrogens with zero attached hydrogens (tertiary/aromatic N) is 1. The maximum Gasteiger partial charge on any atom is 0.244 e. The highest BCUT2D eigenvalue weighted by Gasteiger charge is 2.32. The molecule has 0 heterocycles. The van der Waals surface area contributed by atoms with Gasteiger partial charge in [-0.1, -0.05) is 43.7 Å². The van der Waals surface area contributed by atoms with Crippen LogP contribution in [0.5, 0.6) is 0 Å². The molecule has 0 saturated carbocycles. The highest BCUT2D eigenvalue weighted by molar-refractivity contribution is 7.92. The Bertz CT molecular complexity index is 896. The van der Waals surface area contributed by atoms with Crippen LogP contribution in [0.25, 0.3) is 0 Å². The number of aryl methyl sites for hydroxylation is 1. The van der Waals surface area contributed by atoms with Crippen molar-refractivity contribution in [2.75, 3.05) is 10.6 Å². The number of carbonyl (C=O) groups excluding carboxylic acids is 1. The molecule has 0 fully saturated rings. The predicted molar refractivity (Wildman–Crippen MR) is 110 cm³/mol. The second-order valence-electron chi connectivity index (χ2n) is 6.84. The average molecular weight is 407 g/mol. The zero-order valence-corrected chi connectivity index (χ0v) is 17.5. The zero-order chi connectivity index (χ0) is 20.9. The summed E-state index contributed by atoms with van der Waals surface area (Å²) in [5.41, 5.74) is 2.34. The largest absolute Gasteiger partial charge is 0.347 e. The number of rotatable bonds is 8. The highest BCUT2D eigenvalue weighted by atomic mass is 32.2. The van der Waals surface area contributed by atoms with Crippen LogP contribution in [0.2, 0.25) is 0 Å². The van der Waals surface area contributed by atoms with Crippen LogP contribution in [0, 0.1) is 12.7 Å². The Morgan fingerprint density at radius 3 is 2.07 bits per heavy atom. The van der Waals surface area contributed by atoms with Gasteiger partial charge in [0.25, 0.3) is 0 Å². The molecule has 0 radical (unpaired) electrons. The number of nitrogens with one attached hydrogen (secondary N) is 1. The van der Waals surface area contributed by atoms with E-state index in [2.05, 4.69) is 5.32 Å². The van der Waals surface area contributed by atoms with E-state index in [-0.39, 0.29) is 24.1 Å². The Hall–Kier alpha value is -2.41. The second-order valence-corrected chi connectivity index (χ2v) is 8.70. The molecule has 0 aliphatic carbocycles. The summed E-state index contributed by atoms with van der Waals surface area (Å²) in [6.07, 6.45) is 1.99. The van der Waals surface area contributed by atoms with Crippen LogP contribution in [-0.4, -0.2) is 26.6 Å². The third kappa shape index (κ3) is 5.32. The van der Waals surface area contributed by atoms with E-state index < -0.39 is 21.9 Å². The minimum atomic E-state index is -3.75. The molecule has 2 rings (SSSR count). The molecule has 2 aromatic carbocycles. The van der Waals surface area contributed by atoms with E-state index in [0.29, 0.717) is 6.42 Å². The van der Waals surface area contributed by atoms with Crippen molar-refractivity contribution in [3.63, 3.8) is 0 Å². The normalized spacial score (nSPS) is 13.6. The fraction of sp³-hybridized carbons (Fsp3) is 0.381. The van der Waals surface area contributed by atoms with E-state index in [1.165, 1.54) is 24.3 Å². The molecule has 2 atom stereocenters. The van der Waals surface area contributed by atoms with Gasteiger partial charge in [0.15, 0.2) is 0 Å². The lowest BCUT2D eigenvalue weighted by atomic mass is 10.0. The van der Waals surface area contributed by atoms with Crippen molar-refractivity contribution in [3.8, 4) is 0 Å². The summed E-state index contributed by atoms with van der Waals surface area (Å²) in [6, 6.07) is 11.8. The smallest absolute Gasteiger partial charge is 0.244 e. The lowest BCUT2D eigenvalue weighted by Crippen LogP contribution is -2.50. The first kappa shape index (κ1) is 21.9. The number of amides is 1. The standard InChI is InChI=1S/C21H27FN2O3S/c1-5-19(16-9-7-15(3)8-10-16)23-21(25)20(6-2)24(28(4,26)27)18-13-11-17(22)12-14-18/h7-14,19-20H,5-6H2,1-4H3,(H,23,25)/t19-,20+/m1/s1. The second kappa shape index (κ2) is 9.19. The van der Waals surface area contributed by atoms with Gasteiger partial charge in [-0.05, 0) is 49.6 Å². The van der Waals surface area contributed by atoms with E-state index in [1.807, 2.05) is 38.1 Å². The van der Waals surface area contributed by atoms with E-state index in [1.54, 1.807) is 6.92 Å². The topological polar surface area (TPSA) is 66.5 Å². The Balaban J connectivity index is 2.32. The number of sulfonamides is 1. The third-order valence-electron chi connectivity index (χ3n) is 4.62. The molecule has 28 heavy (non-hydrogen) atoms. The van der Waals surface area contributed by atoms with Crippen LogP contribution in [0.1, 0.15) is 43.9 Å². The van der Waals surface area contributed by atoms with Gasteiger partial charge in [0.05, 0.1) is 18.0 Å². The quantitative estimate of drug-likeness (QED) is 0.722. The van der Waals surface area contributed by atoms with Crippen molar-refractivity contribution in [2.45, 2.75) is 45.7 Å². The number of hydrogen-bond donors (Lipinski definition) is 1. The van der Waals surface area contributed by atoms with E-state index in [9.17, 15) is 17.6 Å². The molecular weight excluding hydrogens is 379 g/mol. The predicted octanol–water partition coefficient (Wildman–Crippen LogP) is 3.95. The zero-order valence-electron chi connectivity index (χ0n) is 16.6. The van der Waals surface area contributed by atoms with Gasteiger partial charge in [-0.3, -0.25) is 9.10 Å². The Labute approximate surface area is 166 Å². The van der Waals surface area contributed by atoms with E-state index in [4.69, 9.17) is 0 Å². The van der Waals surface area contributed by atoms with Crippen molar-refractivity contribution in [1.29, 1.82) is 0 Å². The van der Waals surface area contributed by atoms with Gasteiger partial charge in [0, 0.05) is 0 Å². The van der Waals surface area contributed by atoms with Gasteiger partial charge < -0.3 is 5.32 Å². The molecule has 0 saturated heterocycles. The van der Waals surface area contributed by atoms with Gasteiger partial charge in [-0.2, -0.15) is 0 Å². The monoisotopic (exact) mass is 406 g/mol. The molecule has 1 N–H and O–H groups in total. The number of hydrogen-bond acceptors (Lipinski definition) is 3. The molecule has 0 bridgehead atoms. The fourth-order valence-electron chi connectivity index (χ4n) is 3.14. The van der Waals surface area contributed by atoms with Gasteiger partial charge in [0.2, 0.25) is 15.9 Å². The van der Waals surface area contributed by atoms with Gasteiger partial charge in [-0.15, -0.1) is 0 Å². The van der Waals surface area contributed by atoms with Crippen molar-refractivity contribution < 1.29 is 17.6 Å². The summed E-state index contributed by atoms with van der Waals surface area (Å²) >= 11 is 0. The SMILES string of the molecule is CC[C@@H](NC(=O)[C@H](CC)N(c1ccc(F)cc1)S(C)(=O)=O)c1ccc(C)cc1. The molecule has 1 amide bonds. The van der Waals surface area contributed by atoms with Crippen LogP contribution in [0.4, 0.5) is 10.1 Å². The molecule has 5 nitrogen and oxygen atoms in total. The van der Waals surface area contributed by atoms with Gasteiger partial charge >= 0.3 is 0 Å². The van der Waals surface area contributed by atoms with Crippen LogP contribution in [0.15, 0.2) is 48.5 Å². The fourth-order valence-corrected chi connectivity index (χ4v) is 4.35. The molecule has 0 aliphatic heterocycles. The first-order valence-electron chi connectivity index (χ1n) is 9.29. The molecule has 0 aliphatic rings. The number of halogens is 1. The number of carbonyl (C=O) groups is 1. The summed E-state index contributed by atoms with van der Waals surface area (Å²) in [5.74, 6) is -0.857. The molecular formula is C21H27FN2O3S. The Morgan fingerprint density at radius 1 is 1.04 bits per heavy atom. The van der Waals surface area contributed by atoms with Crippen LogP contribution in [-0.2, 0) is 14.8 Å². The summed E-state index contributed by atoms with van der Waals surface area (Å²) in [4.78, 5) is 13.0. The minimum absolute atomic E-state index is 0.225. The van der Waals surface area contributed by atoms with Crippen LogP contribution < -0.4 is 9.62 Å². The molecule has 152 valence electrons. The molecule has 7 heteroatoms. The van der Waals surface area contributed by atoms with E-state index >= 15 is 0 Å². The highest BCUT2D eigenvalue weighted by Crippen LogP contribution is 2.24. The number of benzene rings is 2. The molecule has 0 unspecified atom stereocenters. The summed E-state index contributed by atoms with van der Waals surface area (Å²) < 4.78 is 39.2. The van der Waals surface area contributed by atoms with E-state index in [0.717, 1.165) is 21.7 Å². The maximum atomic E-state index is 13.3. The minimum Gasteiger partial charge on any atom is -0.347 e. The maximum absolute atomic E-state index is 13.3. The lowest BCUT2D eigenvalue weighted by Gasteiger charge is -2.31. The first-order valence-corrected chi connectivity index (χ1v) is 11.1. The van der Waals surface area contributed by atoms with Gasteiger partial charge in [0.1, 0.15) is 11.9 Å².